The van der Waals surface area contributed by atoms with E-state index < -0.39 is 12.1 Å². The molecule has 0 spiro atoms. The number of rotatable bonds is 3. The molecule has 0 aromatic heterocycles. The second-order valence-electron chi connectivity index (χ2n) is 8.04. The maximum absolute atomic E-state index is 12.9. The van der Waals surface area contributed by atoms with Gasteiger partial charge in [-0.1, -0.05) is 78.9 Å². The second kappa shape index (κ2) is 9.15. The Kier molecular flexibility index (Phi) is 5.74. The Morgan fingerprint density at radius 3 is 2.76 bits per heavy atom. The number of amides is 1. The van der Waals surface area contributed by atoms with Crippen molar-refractivity contribution in [1.29, 1.82) is 5.41 Å². The lowest BCUT2D eigenvalue weighted by Crippen LogP contribution is -2.29. The van der Waals surface area contributed by atoms with Gasteiger partial charge in [-0.3, -0.25) is 10.2 Å². The lowest BCUT2D eigenvalue weighted by molar-refractivity contribution is -0.117. The first kappa shape index (κ1) is 21.3. The molecule has 7 nitrogen and oxygen atoms in total. The van der Waals surface area contributed by atoms with Crippen LogP contribution >= 0.6 is 0 Å². The third-order valence-corrected chi connectivity index (χ3v) is 5.78. The molecule has 2 aliphatic carbocycles. The monoisotopic (exact) mass is 449 g/mol. The Hall–Kier alpha value is -4.52. The molecule has 34 heavy (non-hydrogen) atoms. The van der Waals surface area contributed by atoms with Crippen LogP contribution < -0.4 is 11.1 Å². The quantitative estimate of drug-likeness (QED) is 0.484. The molecule has 168 valence electrons. The summed E-state index contributed by atoms with van der Waals surface area (Å²) in [5, 5.41) is 11.2. The van der Waals surface area contributed by atoms with Crippen molar-refractivity contribution in [2.75, 3.05) is 5.32 Å². The van der Waals surface area contributed by atoms with Gasteiger partial charge in [0, 0.05) is 22.6 Å². The Morgan fingerprint density at radius 2 is 1.91 bits per heavy atom. The summed E-state index contributed by atoms with van der Waals surface area (Å²) < 4.78 is 5.49. The summed E-state index contributed by atoms with van der Waals surface area (Å²) in [5.74, 6) is -0.244. The number of benzene rings is 2. The van der Waals surface area contributed by atoms with Crippen LogP contribution in [0.3, 0.4) is 0 Å². The van der Waals surface area contributed by atoms with Crippen LogP contribution in [-0.4, -0.2) is 29.7 Å². The van der Waals surface area contributed by atoms with Gasteiger partial charge in [-0.05, 0) is 24.1 Å². The van der Waals surface area contributed by atoms with Crippen LogP contribution in [-0.2, 0) is 9.53 Å². The van der Waals surface area contributed by atoms with Crippen molar-refractivity contribution in [2.24, 2.45) is 21.6 Å². The molecule has 1 heterocycles. The number of amidine groups is 1. The molecule has 7 heteroatoms. The number of allylic oxidation sites excluding steroid dienone is 6. The molecule has 0 saturated heterocycles. The van der Waals surface area contributed by atoms with Gasteiger partial charge in [-0.25, -0.2) is 4.99 Å². The van der Waals surface area contributed by atoms with E-state index in [2.05, 4.69) is 21.4 Å². The minimum absolute atomic E-state index is 0.125. The number of nitrogens with two attached hydrogens (primary N) is 1. The van der Waals surface area contributed by atoms with Gasteiger partial charge >= 0.3 is 0 Å². The first-order chi connectivity index (χ1) is 16.6. The molecule has 1 amide bonds. The van der Waals surface area contributed by atoms with Crippen molar-refractivity contribution in [3.63, 3.8) is 0 Å². The molecule has 2 aromatic carbocycles. The number of nitrogens with one attached hydrogen (secondary N) is 2. The second-order valence-corrected chi connectivity index (χ2v) is 8.04. The van der Waals surface area contributed by atoms with E-state index in [0.717, 1.165) is 23.1 Å². The zero-order valence-electron chi connectivity index (χ0n) is 18.3. The van der Waals surface area contributed by atoms with Gasteiger partial charge in [0.1, 0.15) is 0 Å². The third-order valence-electron chi connectivity index (χ3n) is 5.78. The Morgan fingerprint density at radius 1 is 1.12 bits per heavy atom. The molecule has 2 aromatic rings. The predicted molar refractivity (Wildman–Crippen MR) is 134 cm³/mol. The minimum atomic E-state index is -1.16. The van der Waals surface area contributed by atoms with Crippen LogP contribution in [0.25, 0.3) is 0 Å². The Labute approximate surface area is 197 Å². The lowest BCUT2D eigenvalue weighted by atomic mass is 9.86. The van der Waals surface area contributed by atoms with Gasteiger partial charge < -0.3 is 15.8 Å². The number of fused-ring (bicyclic) bond motifs is 2. The van der Waals surface area contributed by atoms with Crippen molar-refractivity contribution >= 4 is 29.2 Å². The van der Waals surface area contributed by atoms with E-state index in [4.69, 9.17) is 15.9 Å². The lowest BCUT2D eigenvalue weighted by Gasteiger charge is -2.21. The van der Waals surface area contributed by atoms with E-state index in [0.29, 0.717) is 22.9 Å². The highest BCUT2D eigenvalue weighted by molar-refractivity contribution is 6.19. The van der Waals surface area contributed by atoms with Gasteiger partial charge in [0.15, 0.2) is 0 Å². The van der Waals surface area contributed by atoms with Crippen LogP contribution in [0.2, 0.25) is 0 Å². The summed E-state index contributed by atoms with van der Waals surface area (Å²) in [6.45, 7) is 0. The van der Waals surface area contributed by atoms with E-state index in [-0.39, 0.29) is 11.9 Å². The topological polar surface area (TPSA) is 113 Å². The normalized spacial score (nSPS) is 21.2. The molecule has 1 aliphatic heterocycles. The first-order valence-corrected chi connectivity index (χ1v) is 11.0. The number of nitrogens with zero attached hydrogens (tertiary/aromatic N) is 2. The van der Waals surface area contributed by atoms with E-state index in [1.807, 2.05) is 85.0 Å². The fourth-order valence-corrected chi connectivity index (χ4v) is 4.09. The number of para-hydroxylation sites is 1. The van der Waals surface area contributed by atoms with Crippen LogP contribution in [0, 0.1) is 11.3 Å². The number of ether oxygens (including phenoxy) is 1. The van der Waals surface area contributed by atoms with Gasteiger partial charge in [0.25, 0.3) is 11.9 Å². The van der Waals surface area contributed by atoms with Crippen molar-refractivity contribution in [2.45, 2.75) is 12.6 Å². The summed E-state index contributed by atoms with van der Waals surface area (Å²) >= 11 is 0. The molecular formula is C27H23N5O2. The van der Waals surface area contributed by atoms with E-state index >= 15 is 0 Å². The number of carbonyl (C=O) groups is 1. The summed E-state index contributed by atoms with van der Waals surface area (Å²) in [6, 6.07) is 16.7. The summed E-state index contributed by atoms with van der Waals surface area (Å²) in [7, 11) is 0. The predicted octanol–water partition coefficient (Wildman–Crippen LogP) is 4.11. The molecule has 5 rings (SSSR count). The standard InChI is InChI=1S/C27H23N5O2/c28-24(20-15-14-17-8-4-5-11-19(17)16-20)34-27(29)32-25-26(33)30-22-13-7-6-12-21(22)23(31-25)18-9-2-1-3-10-18/h1-13,15-17,25,28H,14H2,(H2,29,32)(H,30,33). The summed E-state index contributed by atoms with van der Waals surface area (Å²) in [4.78, 5) is 21.7. The highest BCUT2D eigenvalue weighted by atomic mass is 16.5. The maximum Gasteiger partial charge on any atom is 0.291 e. The van der Waals surface area contributed by atoms with Crippen LogP contribution in [0.15, 0.2) is 112 Å². The fraction of sp³-hybridized carbons (Fsp3) is 0.111. The average Bonchev–Trinajstić information content (AvgIpc) is 3.00. The number of aliphatic imine (C=N–C) groups is 2. The minimum Gasteiger partial charge on any atom is -0.407 e. The first-order valence-electron chi connectivity index (χ1n) is 11.0. The molecule has 0 saturated carbocycles. The largest absolute Gasteiger partial charge is 0.407 e. The van der Waals surface area contributed by atoms with Crippen molar-refractivity contribution < 1.29 is 9.53 Å². The van der Waals surface area contributed by atoms with E-state index in [1.54, 1.807) is 0 Å². The molecular weight excluding hydrogens is 426 g/mol. The van der Waals surface area contributed by atoms with Crippen LogP contribution in [0.4, 0.5) is 5.69 Å². The van der Waals surface area contributed by atoms with Crippen LogP contribution in [0.1, 0.15) is 17.5 Å². The average molecular weight is 450 g/mol. The van der Waals surface area contributed by atoms with Crippen molar-refractivity contribution in [1.82, 2.24) is 0 Å². The molecule has 0 fully saturated rings. The van der Waals surface area contributed by atoms with Gasteiger partial charge in [-0.2, -0.15) is 4.99 Å². The molecule has 0 bridgehead atoms. The zero-order chi connectivity index (χ0) is 23.5. The smallest absolute Gasteiger partial charge is 0.291 e. The fourth-order valence-electron chi connectivity index (χ4n) is 4.09. The number of hydrogen-bond donors (Lipinski definition) is 3. The van der Waals surface area contributed by atoms with E-state index in [1.165, 1.54) is 0 Å². The number of anilines is 1. The SMILES string of the molecule is N=C(OC(N)=NC1N=C(c2ccccc2)c2ccccc2NC1=O)C1=CCC2C=CC=CC2=C1. The van der Waals surface area contributed by atoms with Gasteiger partial charge in [-0.15, -0.1) is 0 Å². The molecule has 2 unspecified atom stereocenters. The van der Waals surface area contributed by atoms with Gasteiger partial charge in [0.05, 0.1) is 11.4 Å². The van der Waals surface area contributed by atoms with Crippen molar-refractivity contribution in [3.05, 3.63) is 113 Å². The number of carbonyl (C=O) groups excluding carboxylic acids is 1. The molecule has 4 N–H and O–H groups in total. The molecule has 0 radical (unpaired) electrons. The highest BCUT2D eigenvalue weighted by Crippen LogP contribution is 2.29. The summed E-state index contributed by atoms with van der Waals surface area (Å²) in [6.07, 6.45) is 11.6. The molecule has 2 atom stereocenters. The zero-order valence-corrected chi connectivity index (χ0v) is 18.3. The number of benzodiazepines with no additional fused rings is 1. The highest BCUT2D eigenvalue weighted by Gasteiger charge is 2.26. The van der Waals surface area contributed by atoms with Crippen molar-refractivity contribution in [3.8, 4) is 0 Å². The Balaban J connectivity index is 1.41. The number of hydrogen-bond acceptors (Lipinski definition) is 5. The third kappa shape index (κ3) is 4.36. The van der Waals surface area contributed by atoms with Gasteiger partial charge in [0.2, 0.25) is 12.1 Å². The maximum atomic E-state index is 12.9. The van der Waals surface area contributed by atoms with E-state index in [9.17, 15) is 4.79 Å². The molecule has 3 aliphatic rings. The summed E-state index contributed by atoms with van der Waals surface area (Å²) in [5.41, 5.74) is 10.6. The van der Waals surface area contributed by atoms with Crippen LogP contribution in [0.5, 0.6) is 0 Å². The Bertz CT molecular complexity index is 1330.